The number of fused-ring (bicyclic) bond motifs is 1. The van der Waals surface area contributed by atoms with E-state index < -0.39 is 5.97 Å². The number of anilines is 1. The summed E-state index contributed by atoms with van der Waals surface area (Å²) >= 11 is 7.64. The van der Waals surface area contributed by atoms with E-state index in [0.717, 1.165) is 15.6 Å². The summed E-state index contributed by atoms with van der Waals surface area (Å²) in [5, 5.41) is 16.7. The highest BCUT2D eigenvalue weighted by Crippen LogP contribution is 2.34. The molecule has 0 unspecified atom stereocenters. The molecule has 9 heteroatoms. The molecule has 0 fully saturated rings. The molecule has 0 aliphatic rings. The molecule has 1 heterocycles. The second kappa shape index (κ2) is 10.2. The lowest BCUT2D eigenvalue weighted by Crippen LogP contribution is -2.18. The number of hydrogen-bond acceptors (Lipinski definition) is 5. The first-order chi connectivity index (χ1) is 14.8. The summed E-state index contributed by atoms with van der Waals surface area (Å²) in [6, 6.07) is 14.5. The number of carboxylic acid groups (broad SMARTS) is 1. The molecule has 1 aromatic heterocycles. The van der Waals surface area contributed by atoms with E-state index >= 15 is 0 Å². The van der Waals surface area contributed by atoms with Gasteiger partial charge in [0, 0.05) is 28.6 Å². The minimum absolute atomic E-state index is 0.0412. The maximum atomic E-state index is 12.5. The number of hydrazone groups is 1. The summed E-state index contributed by atoms with van der Waals surface area (Å²) in [6.45, 7) is 1.76. The fourth-order valence-corrected chi connectivity index (χ4v) is 4.24. The topological polar surface area (TPSA) is 108 Å². The van der Waals surface area contributed by atoms with E-state index in [-0.39, 0.29) is 31.1 Å². The van der Waals surface area contributed by atoms with Crippen molar-refractivity contribution in [3.8, 4) is 0 Å². The molecule has 2 amide bonds. The van der Waals surface area contributed by atoms with Crippen LogP contribution in [0.1, 0.15) is 41.4 Å². The summed E-state index contributed by atoms with van der Waals surface area (Å²) < 4.78 is 0.930. The Bertz CT molecular complexity index is 1160. The van der Waals surface area contributed by atoms with Crippen LogP contribution in [-0.4, -0.2) is 28.6 Å². The number of rotatable bonds is 8. The molecule has 0 radical (unpaired) electrons. The van der Waals surface area contributed by atoms with Crippen molar-refractivity contribution in [2.45, 2.75) is 26.2 Å². The number of amides is 2. The van der Waals surface area contributed by atoms with Crippen LogP contribution in [0.25, 0.3) is 10.1 Å². The minimum atomic E-state index is -0.923. The SMILES string of the molecule is C/C(=N/NC(=O)c1sc2ccccc2c1Cl)c1ccc(NC(=O)CCCC(=O)O)cc1. The van der Waals surface area contributed by atoms with Gasteiger partial charge in [0.05, 0.1) is 10.7 Å². The third-order valence-electron chi connectivity index (χ3n) is 4.45. The molecule has 0 aliphatic heterocycles. The molecule has 31 heavy (non-hydrogen) atoms. The first-order valence-corrected chi connectivity index (χ1v) is 10.7. The molecular weight excluding hydrogens is 438 g/mol. The van der Waals surface area contributed by atoms with E-state index in [1.165, 1.54) is 11.3 Å². The Kier molecular flexibility index (Phi) is 7.38. The third kappa shape index (κ3) is 5.90. The molecule has 0 aliphatic carbocycles. The molecule has 7 nitrogen and oxygen atoms in total. The third-order valence-corrected chi connectivity index (χ3v) is 6.12. The van der Waals surface area contributed by atoms with Crippen LogP contribution in [0.3, 0.4) is 0 Å². The van der Waals surface area contributed by atoms with Crippen molar-refractivity contribution in [3.05, 3.63) is 64.0 Å². The summed E-state index contributed by atoms with van der Waals surface area (Å²) in [4.78, 5) is 35.2. The lowest BCUT2D eigenvalue weighted by molar-refractivity contribution is -0.137. The molecule has 0 bridgehead atoms. The molecule has 0 saturated heterocycles. The van der Waals surface area contributed by atoms with Crippen LogP contribution in [0, 0.1) is 0 Å². The van der Waals surface area contributed by atoms with Crippen LogP contribution in [0.4, 0.5) is 5.69 Å². The maximum Gasteiger partial charge on any atom is 0.303 e. The van der Waals surface area contributed by atoms with E-state index in [1.807, 2.05) is 24.3 Å². The normalized spacial score (nSPS) is 11.4. The van der Waals surface area contributed by atoms with Gasteiger partial charge >= 0.3 is 5.97 Å². The number of nitrogens with one attached hydrogen (secondary N) is 2. The van der Waals surface area contributed by atoms with E-state index in [4.69, 9.17) is 16.7 Å². The predicted octanol–water partition coefficient (Wildman–Crippen LogP) is 4.90. The number of halogens is 1. The van der Waals surface area contributed by atoms with Gasteiger partial charge in [0.25, 0.3) is 5.91 Å². The van der Waals surface area contributed by atoms with Gasteiger partial charge in [-0.05, 0) is 37.1 Å². The van der Waals surface area contributed by atoms with Crippen molar-refractivity contribution in [3.63, 3.8) is 0 Å². The van der Waals surface area contributed by atoms with Crippen molar-refractivity contribution >= 4 is 62.2 Å². The number of carboxylic acids is 1. The Hall–Kier alpha value is -3.23. The van der Waals surface area contributed by atoms with Crippen molar-refractivity contribution in [2.75, 3.05) is 5.32 Å². The summed E-state index contributed by atoms with van der Waals surface area (Å²) in [5.74, 6) is -1.55. The fraction of sp³-hybridized carbons (Fsp3) is 0.182. The zero-order chi connectivity index (χ0) is 22.4. The van der Waals surface area contributed by atoms with Gasteiger partial charge in [-0.1, -0.05) is 41.9 Å². The largest absolute Gasteiger partial charge is 0.481 e. The van der Waals surface area contributed by atoms with Gasteiger partial charge in [0.2, 0.25) is 5.91 Å². The van der Waals surface area contributed by atoms with Crippen molar-refractivity contribution in [1.82, 2.24) is 5.43 Å². The van der Waals surface area contributed by atoms with E-state index in [2.05, 4.69) is 15.8 Å². The molecule has 2 aromatic carbocycles. The zero-order valence-corrected chi connectivity index (χ0v) is 18.2. The first kappa shape index (κ1) is 22.5. The second-order valence-corrected chi connectivity index (χ2v) is 8.18. The van der Waals surface area contributed by atoms with Gasteiger partial charge in [0.1, 0.15) is 4.88 Å². The van der Waals surface area contributed by atoms with Crippen LogP contribution in [-0.2, 0) is 9.59 Å². The Morgan fingerprint density at radius 1 is 1.06 bits per heavy atom. The zero-order valence-electron chi connectivity index (χ0n) is 16.6. The van der Waals surface area contributed by atoms with Crippen LogP contribution < -0.4 is 10.7 Å². The Morgan fingerprint density at radius 3 is 2.45 bits per heavy atom. The number of hydrogen-bond donors (Lipinski definition) is 3. The first-order valence-electron chi connectivity index (χ1n) is 9.49. The van der Waals surface area contributed by atoms with Gasteiger partial charge < -0.3 is 10.4 Å². The highest BCUT2D eigenvalue weighted by molar-refractivity contribution is 7.21. The highest BCUT2D eigenvalue weighted by atomic mass is 35.5. The van der Waals surface area contributed by atoms with Gasteiger partial charge in [-0.3, -0.25) is 14.4 Å². The van der Waals surface area contributed by atoms with Crippen LogP contribution in [0.15, 0.2) is 53.6 Å². The molecule has 160 valence electrons. The molecule has 0 saturated carbocycles. The predicted molar refractivity (Wildman–Crippen MR) is 123 cm³/mol. The summed E-state index contributed by atoms with van der Waals surface area (Å²) in [6.07, 6.45) is 0.385. The number of carbonyl (C=O) groups excluding carboxylic acids is 2. The smallest absolute Gasteiger partial charge is 0.303 e. The molecule has 0 atom stereocenters. The Labute approximate surface area is 187 Å². The molecule has 0 spiro atoms. The fourth-order valence-electron chi connectivity index (χ4n) is 2.83. The minimum Gasteiger partial charge on any atom is -0.481 e. The number of thiophene rings is 1. The number of aliphatic carboxylic acids is 1. The van der Waals surface area contributed by atoms with E-state index in [1.54, 1.807) is 31.2 Å². The Morgan fingerprint density at radius 2 is 1.77 bits per heavy atom. The summed E-state index contributed by atoms with van der Waals surface area (Å²) in [7, 11) is 0. The average molecular weight is 458 g/mol. The number of benzene rings is 2. The second-order valence-electron chi connectivity index (χ2n) is 6.75. The monoisotopic (exact) mass is 457 g/mol. The lowest BCUT2D eigenvalue weighted by Gasteiger charge is -2.07. The van der Waals surface area contributed by atoms with Crippen molar-refractivity contribution < 1.29 is 19.5 Å². The van der Waals surface area contributed by atoms with Crippen LogP contribution in [0.5, 0.6) is 0 Å². The lowest BCUT2D eigenvalue weighted by atomic mass is 10.1. The maximum absolute atomic E-state index is 12.5. The number of carbonyl (C=O) groups is 3. The van der Waals surface area contributed by atoms with E-state index in [0.29, 0.717) is 21.3 Å². The van der Waals surface area contributed by atoms with E-state index in [9.17, 15) is 14.4 Å². The number of nitrogens with zero attached hydrogens (tertiary/aromatic N) is 1. The van der Waals surface area contributed by atoms with Crippen molar-refractivity contribution in [2.24, 2.45) is 5.10 Å². The van der Waals surface area contributed by atoms with Gasteiger partial charge in [-0.2, -0.15) is 5.10 Å². The van der Waals surface area contributed by atoms with Crippen LogP contribution >= 0.6 is 22.9 Å². The van der Waals surface area contributed by atoms with Crippen molar-refractivity contribution in [1.29, 1.82) is 0 Å². The summed E-state index contributed by atoms with van der Waals surface area (Å²) in [5.41, 5.74) is 4.49. The van der Waals surface area contributed by atoms with Crippen LogP contribution in [0.2, 0.25) is 5.02 Å². The average Bonchev–Trinajstić information content (AvgIpc) is 3.09. The molecular formula is C22H20ClN3O4S. The molecule has 3 aromatic rings. The highest BCUT2D eigenvalue weighted by Gasteiger charge is 2.16. The van der Waals surface area contributed by atoms with Gasteiger partial charge in [-0.25, -0.2) is 5.43 Å². The van der Waals surface area contributed by atoms with Gasteiger partial charge in [-0.15, -0.1) is 11.3 Å². The quantitative estimate of drug-likeness (QED) is 0.330. The molecule has 3 N–H and O–H groups in total. The standard InChI is InChI=1S/C22H20ClN3O4S/c1-13(14-9-11-15(12-10-14)24-18(27)7-4-8-19(28)29)25-26-22(30)21-20(23)16-5-2-3-6-17(16)31-21/h2-3,5-6,9-12H,4,7-8H2,1H3,(H,24,27)(H,26,30)(H,28,29)/b25-13-. The Balaban J connectivity index is 1.59. The molecule has 3 rings (SSSR count). The van der Waals surface area contributed by atoms with Gasteiger partial charge in [0.15, 0.2) is 0 Å².